The minimum absolute atomic E-state index is 0.127. The first kappa shape index (κ1) is 13.8. The van der Waals surface area contributed by atoms with Crippen LogP contribution in [0.15, 0.2) is 47.4 Å². The monoisotopic (exact) mass is 274 g/mol. The predicted molar refractivity (Wildman–Crippen MR) is 72.0 cm³/mol. The molecular weight excluding hydrogens is 260 g/mol. The summed E-state index contributed by atoms with van der Waals surface area (Å²) in [5, 5.41) is 12.9. The van der Waals surface area contributed by atoms with Gasteiger partial charge < -0.3 is 9.84 Å². The van der Waals surface area contributed by atoms with Crippen molar-refractivity contribution in [3.63, 3.8) is 0 Å². The van der Waals surface area contributed by atoms with Crippen LogP contribution in [0.25, 0.3) is 0 Å². The number of para-hydroxylation sites is 1. The molecule has 0 aliphatic rings. The molecule has 0 saturated carbocycles. The third-order valence-electron chi connectivity index (χ3n) is 2.67. The van der Waals surface area contributed by atoms with E-state index in [4.69, 9.17) is 9.84 Å². The Morgan fingerprint density at radius 3 is 2.80 bits per heavy atom. The van der Waals surface area contributed by atoms with E-state index in [9.17, 15) is 9.59 Å². The molecule has 0 bridgehead atoms. The summed E-state index contributed by atoms with van der Waals surface area (Å²) in [5.41, 5.74) is -0.0408. The summed E-state index contributed by atoms with van der Waals surface area (Å²) in [6, 6.07) is 9.47. The number of hydrogen-bond acceptors (Lipinski definition) is 4. The molecule has 2 rings (SSSR count). The molecule has 0 atom stereocenters. The first-order valence-electron chi connectivity index (χ1n) is 6.16. The van der Waals surface area contributed by atoms with Gasteiger partial charge in [-0.25, -0.2) is 9.48 Å². The highest BCUT2D eigenvalue weighted by Crippen LogP contribution is 2.17. The molecule has 1 heterocycles. The van der Waals surface area contributed by atoms with Crippen molar-refractivity contribution in [1.29, 1.82) is 0 Å². The topological polar surface area (TPSA) is 81.4 Å². The van der Waals surface area contributed by atoms with Gasteiger partial charge in [0.2, 0.25) is 0 Å². The Balaban J connectivity index is 1.90. The summed E-state index contributed by atoms with van der Waals surface area (Å²) in [6.45, 7) is 0.738. The van der Waals surface area contributed by atoms with Crippen molar-refractivity contribution in [2.75, 3.05) is 6.61 Å². The molecule has 0 spiro atoms. The van der Waals surface area contributed by atoms with Crippen molar-refractivity contribution in [3.8, 4) is 5.75 Å². The Labute approximate surface area is 115 Å². The number of aryl methyl sites for hydroxylation is 1. The SMILES string of the molecule is O=C(O)c1ccccc1OCCCn1ncccc1=O. The van der Waals surface area contributed by atoms with Crippen LogP contribution in [0, 0.1) is 0 Å². The fourth-order valence-corrected chi connectivity index (χ4v) is 1.72. The lowest BCUT2D eigenvalue weighted by molar-refractivity contribution is 0.0692. The largest absolute Gasteiger partial charge is 0.493 e. The van der Waals surface area contributed by atoms with Crippen molar-refractivity contribution < 1.29 is 14.6 Å². The summed E-state index contributed by atoms with van der Waals surface area (Å²) < 4.78 is 6.78. The van der Waals surface area contributed by atoms with Gasteiger partial charge >= 0.3 is 5.97 Å². The summed E-state index contributed by atoms with van der Waals surface area (Å²) >= 11 is 0. The molecule has 0 aliphatic carbocycles. The number of aromatic carboxylic acids is 1. The first-order chi connectivity index (χ1) is 9.68. The molecule has 0 amide bonds. The van der Waals surface area contributed by atoms with E-state index in [1.54, 1.807) is 30.5 Å². The van der Waals surface area contributed by atoms with Gasteiger partial charge in [-0.15, -0.1) is 0 Å². The standard InChI is InChI=1S/C14H14N2O4/c17-13-7-3-8-15-16(13)9-4-10-20-12-6-2-1-5-11(12)14(18)19/h1-3,5-8H,4,9-10H2,(H,18,19). The maximum atomic E-state index is 11.4. The van der Waals surface area contributed by atoms with Gasteiger partial charge in [-0.3, -0.25) is 4.79 Å². The van der Waals surface area contributed by atoms with Crippen LogP contribution in [0.3, 0.4) is 0 Å². The number of aromatic nitrogens is 2. The fraction of sp³-hybridized carbons (Fsp3) is 0.214. The average Bonchev–Trinajstić information content (AvgIpc) is 2.45. The van der Waals surface area contributed by atoms with Crippen LogP contribution in [-0.4, -0.2) is 27.5 Å². The second kappa shape index (κ2) is 6.51. The Morgan fingerprint density at radius 2 is 2.05 bits per heavy atom. The van der Waals surface area contributed by atoms with Gasteiger partial charge in [0.15, 0.2) is 0 Å². The number of rotatable bonds is 6. The maximum absolute atomic E-state index is 11.4. The van der Waals surface area contributed by atoms with E-state index in [0.29, 0.717) is 25.3 Å². The van der Waals surface area contributed by atoms with Crippen LogP contribution in [0.5, 0.6) is 5.75 Å². The van der Waals surface area contributed by atoms with Crippen LogP contribution in [-0.2, 0) is 6.54 Å². The zero-order chi connectivity index (χ0) is 14.4. The molecule has 1 aromatic carbocycles. The second-order valence-electron chi connectivity index (χ2n) is 4.09. The number of nitrogens with zero attached hydrogens (tertiary/aromatic N) is 2. The lowest BCUT2D eigenvalue weighted by atomic mass is 10.2. The molecule has 6 heteroatoms. The van der Waals surface area contributed by atoms with Gasteiger partial charge in [-0.2, -0.15) is 5.10 Å². The van der Waals surface area contributed by atoms with E-state index >= 15 is 0 Å². The molecule has 0 aliphatic heterocycles. The molecule has 0 saturated heterocycles. The summed E-state index contributed by atoms with van der Waals surface area (Å²) in [5.74, 6) is -0.699. The Morgan fingerprint density at radius 1 is 1.25 bits per heavy atom. The summed E-state index contributed by atoms with van der Waals surface area (Å²) in [4.78, 5) is 22.4. The smallest absolute Gasteiger partial charge is 0.339 e. The highest BCUT2D eigenvalue weighted by molar-refractivity contribution is 5.90. The third kappa shape index (κ3) is 3.44. The lowest BCUT2D eigenvalue weighted by Gasteiger charge is -2.09. The minimum atomic E-state index is -1.03. The highest BCUT2D eigenvalue weighted by atomic mass is 16.5. The van der Waals surface area contributed by atoms with Crippen LogP contribution in [0.4, 0.5) is 0 Å². The van der Waals surface area contributed by atoms with E-state index in [1.807, 2.05) is 0 Å². The summed E-state index contributed by atoms with van der Waals surface area (Å²) in [7, 11) is 0. The predicted octanol–water partition coefficient (Wildman–Crippen LogP) is 1.41. The van der Waals surface area contributed by atoms with Crippen LogP contribution in [0.2, 0.25) is 0 Å². The molecule has 104 valence electrons. The number of carboxylic acids is 1. The van der Waals surface area contributed by atoms with Crippen molar-refractivity contribution in [2.24, 2.45) is 0 Å². The second-order valence-corrected chi connectivity index (χ2v) is 4.09. The summed E-state index contributed by atoms with van der Waals surface area (Å²) in [6.07, 6.45) is 2.10. The van der Waals surface area contributed by atoms with E-state index in [0.717, 1.165) is 0 Å². The van der Waals surface area contributed by atoms with Crippen molar-refractivity contribution in [2.45, 2.75) is 13.0 Å². The average molecular weight is 274 g/mol. The lowest BCUT2D eigenvalue weighted by Crippen LogP contribution is -2.22. The number of carboxylic acid groups (broad SMARTS) is 1. The van der Waals surface area contributed by atoms with Gasteiger partial charge in [0.05, 0.1) is 6.61 Å². The van der Waals surface area contributed by atoms with E-state index in [-0.39, 0.29) is 11.1 Å². The molecule has 1 aromatic heterocycles. The number of ether oxygens (including phenoxy) is 1. The van der Waals surface area contributed by atoms with Crippen molar-refractivity contribution in [1.82, 2.24) is 9.78 Å². The van der Waals surface area contributed by atoms with E-state index in [2.05, 4.69) is 5.10 Å². The number of carbonyl (C=O) groups is 1. The molecule has 1 N–H and O–H groups in total. The minimum Gasteiger partial charge on any atom is -0.493 e. The zero-order valence-electron chi connectivity index (χ0n) is 10.7. The normalized spacial score (nSPS) is 10.2. The highest BCUT2D eigenvalue weighted by Gasteiger charge is 2.09. The molecule has 6 nitrogen and oxygen atoms in total. The quantitative estimate of drug-likeness (QED) is 0.805. The number of benzene rings is 1. The Kier molecular flexibility index (Phi) is 4.49. The molecule has 0 radical (unpaired) electrons. The Hall–Kier alpha value is -2.63. The van der Waals surface area contributed by atoms with E-state index < -0.39 is 5.97 Å². The zero-order valence-corrected chi connectivity index (χ0v) is 10.7. The molecule has 20 heavy (non-hydrogen) atoms. The molecule has 0 unspecified atom stereocenters. The van der Waals surface area contributed by atoms with Gasteiger partial charge in [0.1, 0.15) is 11.3 Å². The van der Waals surface area contributed by atoms with Crippen molar-refractivity contribution in [3.05, 3.63) is 58.5 Å². The first-order valence-corrected chi connectivity index (χ1v) is 6.16. The van der Waals surface area contributed by atoms with Gasteiger partial charge in [0.25, 0.3) is 5.56 Å². The Bertz CT molecular complexity index is 651. The fourth-order valence-electron chi connectivity index (χ4n) is 1.72. The molecular formula is C14H14N2O4. The van der Waals surface area contributed by atoms with Crippen LogP contribution < -0.4 is 10.3 Å². The molecule has 2 aromatic rings. The van der Waals surface area contributed by atoms with Gasteiger partial charge in [0, 0.05) is 25.2 Å². The van der Waals surface area contributed by atoms with Crippen molar-refractivity contribution >= 4 is 5.97 Å². The van der Waals surface area contributed by atoms with E-state index in [1.165, 1.54) is 16.8 Å². The maximum Gasteiger partial charge on any atom is 0.339 e. The van der Waals surface area contributed by atoms with Gasteiger partial charge in [-0.05, 0) is 18.2 Å². The third-order valence-corrected chi connectivity index (χ3v) is 2.67. The number of hydrogen-bond donors (Lipinski definition) is 1. The van der Waals surface area contributed by atoms with Gasteiger partial charge in [-0.1, -0.05) is 12.1 Å². The van der Waals surface area contributed by atoms with Crippen LogP contribution >= 0.6 is 0 Å². The molecule has 0 fully saturated rings. The van der Waals surface area contributed by atoms with Crippen LogP contribution in [0.1, 0.15) is 16.8 Å².